The van der Waals surface area contributed by atoms with Crippen molar-refractivity contribution in [2.24, 2.45) is 5.11 Å². The lowest BCUT2D eigenvalue weighted by Crippen LogP contribution is -1.92. The van der Waals surface area contributed by atoms with Gasteiger partial charge in [0, 0.05) is 11.5 Å². The van der Waals surface area contributed by atoms with Gasteiger partial charge in [-0.05, 0) is 23.6 Å². The van der Waals surface area contributed by atoms with Gasteiger partial charge in [-0.25, -0.2) is 0 Å². The molecule has 0 fully saturated rings. The summed E-state index contributed by atoms with van der Waals surface area (Å²) >= 11 is 0. The van der Waals surface area contributed by atoms with E-state index in [1.165, 1.54) is 7.11 Å². The van der Waals surface area contributed by atoms with Gasteiger partial charge >= 0.3 is 0 Å². The normalized spacial score (nSPS) is 9.21. The first-order chi connectivity index (χ1) is 6.79. The lowest BCUT2D eigenvalue weighted by atomic mass is 10.1. The number of methoxy groups -OCH3 is 1. The Morgan fingerprint density at radius 2 is 2.36 bits per heavy atom. The maximum atomic E-state index is 9.63. The van der Waals surface area contributed by atoms with Gasteiger partial charge in [0.05, 0.1) is 7.11 Å². The highest BCUT2D eigenvalue weighted by Gasteiger charge is 2.05. The zero-order valence-electron chi connectivity index (χ0n) is 7.84. The van der Waals surface area contributed by atoms with Gasteiger partial charge in [-0.15, -0.1) is 0 Å². The second-order valence-electron chi connectivity index (χ2n) is 2.67. The van der Waals surface area contributed by atoms with Gasteiger partial charge in [-0.2, -0.15) is 0 Å². The fraction of sp³-hybridized carbons (Fsp3) is 0.333. The minimum Gasteiger partial charge on any atom is -0.504 e. The molecule has 0 saturated heterocycles. The van der Waals surface area contributed by atoms with E-state index in [1.807, 2.05) is 0 Å². The topological polar surface area (TPSA) is 78.2 Å². The summed E-state index contributed by atoms with van der Waals surface area (Å²) in [7, 11) is 1.49. The van der Waals surface area contributed by atoms with Crippen LogP contribution in [0.25, 0.3) is 10.4 Å². The molecular weight excluding hydrogens is 182 g/mol. The predicted molar refractivity (Wildman–Crippen MR) is 52.4 cm³/mol. The van der Waals surface area contributed by atoms with Gasteiger partial charge in [0.2, 0.25) is 0 Å². The average Bonchev–Trinajstić information content (AvgIpc) is 2.21. The van der Waals surface area contributed by atoms with Crippen molar-refractivity contribution in [2.45, 2.75) is 6.42 Å². The Morgan fingerprint density at radius 3 is 3.00 bits per heavy atom. The van der Waals surface area contributed by atoms with Gasteiger partial charge in [-0.3, -0.25) is 0 Å². The predicted octanol–water partition coefficient (Wildman–Crippen LogP) is 2.25. The van der Waals surface area contributed by atoms with Crippen LogP contribution < -0.4 is 4.74 Å². The Morgan fingerprint density at radius 1 is 1.57 bits per heavy atom. The highest BCUT2D eigenvalue weighted by molar-refractivity contribution is 5.45. The number of rotatable bonds is 4. The number of phenols is 1. The van der Waals surface area contributed by atoms with Crippen LogP contribution in [-0.2, 0) is 6.42 Å². The molecule has 0 spiro atoms. The molecule has 0 aliphatic rings. The fourth-order valence-corrected chi connectivity index (χ4v) is 1.15. The highest BCUT2D eigenvalue weighted by Crippen LogP contribution is 2.29. The lowest BCUT2D eigenvalue weighted by molar-refractivity contribution is 0.370. The molecule has 74 valence electrons. The number of hydrogen-bond acceptors (Lipinski definition) is 3. The molecule has 0 unspecified atom stereocenters. The molecule has 1 aromatic carbocycles. The van der Waals surface area contributed by atoms with Crippen LogP contribution in [-0.4, -0.2) is 18.8 Å². The van der Waals surface area contributed by atoms with E-state index >= 15 is 0 Å². The van der Waals surface area contributed by atoms with Gasteiger partial charge in [0.15, 0.2) is 11.5 Å². The van der Waals surface area contributed by atoms with Crippen LogP contribution in [0.4, 0.5) is 0 Å². The molecule has 0 radical (unpaired) electrons. The van der Waals surface area contributed by atoms with E-state index in [1.54, 1.807) is 18.2 Å². The zero-order chi connectivity index (χ0) is 10.4. The number of para-hydroxylation sites is 1. The molecule has 1 N–H and O–H groups in total. The Labute approximate surface area is 81.6 Å². The minimum atomic E-state index is 0.114. The van der Waals surface area contributed by atoms with Crippen molar-refractivity contribution in [1.82, 2.24) is 0 Å². The first-order valence-corrected chi connectivity index (χ1v) is 4.15. The third kappa shape index (κ3) is 2.31. The number of benzene rings is 1. The van der Waals surface area contributed by atoms with Crippen molar-refractivity contribution in [3.8, 4) is 11.5 Å². The van der Waals surface area contributed by atoms with Gasteiger partial charge in [0.25, 0.3) is 0 Å². The summed E-state index contributed by atoms with van der Waals surface area (Å²) in [5.74, 6) is 0.548. The monoisotopic (exact) mass is 193 g/mol. The van der Waals surface area contributed by atoms with E-state index in [4.69, 9.17) is 10.3 Å². The SMILES string of the molecule is COc1cccc(CCN=[N+]=[N-])c1O. The summed E-state index contributed by atoms with van der Waals surface area (Å²) in [6.07, 6.45) is 0.507. The van der Waals surface area contributed by atoms with Crippen molar-refractivity contribution in [3.63, 3.8) is 0 Å². The largest absolute Gasteiger partial charge is 0.504 e. The molecule has 0 atom stereocenters. The van der Waals surface area contributed by atoms with Crippen molar-refractivity contribution >= 4 is 0 Å². The Balaban J connectivity index is 2.81. The second kappa shape index (κ2) is 4.99. The first-order valence-electron chi connectivity index (χ1n) is 4.15. The van der Waals surface area contributed by atoms with Crippen molar-refractivity contribution < 1.29 is 9.84 Å². The number of nitrogens with zero attached hydrogens (tertiary/aromatic N) is 3. The molecule has 0 aliphatic heterocycles. The molecule has 0 aromatic heterocycles. The number of ether oxygens (including phenoxy) is 1. The second-order valence-corrected chi connectivity index (χ2v) is 2.67. The van der Waals surface area contributed by atoms with Crippen LogP contribution in [0.2, 0.25) is 0 Å². The maximum Gasteiger partial charge on any atom is 0.160 e. The third-order valence-electron chi connectivity index (χ3n) is 1.85. The van der Waals surface area contributed by atoms with Crippen LogP contribution in [0.1, 0.15) is 5.56 Å². The molecule has 0 bridgehead atoms. The molecule has 0 aliphatic carbocycles. The highest BCUT2D eigenvalue weighted by atomic mass is 16.5. The molecule has 5 nitrogen and oxygen atoms in total. The van der Waals surface area contributed by atoms with E-state index in [-0.39, 0.29) is 5.75 Å². The summed E-state index contributed by atoms with van der Waals surface area (Å²) in [5.41, 5.74) is 8.80. The Bertz CT molecular complexity index is 359. The van der Waals surface area contributed by atoms with Crippen LogP contribution in [0.3, 0.4) is 0 Å². The Hall–Kier alpha value is -1.87. The molecular formula is C9H11N3O2. The van der Waals surface area contributed by atoms with Crippen molar-refractivity contribution in [2.75, 3.05) is 13.7 Å². The van der Waals surface area contributed by atoms with E-state index in [0.717, 1.165) is 5.56 Å². The van der Waals surface area contributed by atoms with E-state index < -0.39 is 0 Å². The van der Waals surface area contributed by atoms with Crippen LogP contribution in [0, 0.1) is 0 Å². The molecule has 0 amide bonds. The summed E-state index contributed by atoms with van der Waals surface area (Å²) in [6, 6.07) is 5.22. The average molecular weight is 193 g/mol. The maximum absolute atomic E-state index is 9.63. The summed E-state index contributed by atoms with van der Waals surface area (Å²) < 4.78 is 4.94. The summed E-state index contributed by atoms with van der Waals surface area (Å²) in [6.45, 7) is 0.331. The fourth-order valence-electron chi connectivity index (χ4n) is 1.15. The zero-order valence-corrected chi connectivity index (χ0v) is 7.84. The van der Waals surface area contributed by atoms with Gasteiger partial charge < -0.3 is 9.84 Å². The number of phenolic OH excluding ortho intramolecular Hbond substituents is 1. The molecule has 0 saturated carbocycles. The standard InChI is InChI=1S/C9H11N3O2/c1-14-8-4-2-3-7(9(8)13)5-6-11-12-10/h2-4,13H,5-6H2,1H3. The van der Waals surface area contributed by atoms with Crippen molar-refractivity contribution in [3.05, 3.63) is 34.2 Å². The van der Waals surface area contributed by atoms with E-state index in [9.17, 15) is 5.11 Å². The van der Waals surface area contributed by atoms with Gasteiger partial charge in [-0.1, -0.05) is 17.2 Å². The molecule has 0 heterocycles. The lowest BCUT2D eigenvalue weighted by Gasteiger charge is -2.06. The number of azide groups is 1. The van der Waals surface area contributed by atoms with Crippen LogP contribution in [0.15, 0.2) is 23.3 Å². The number of aromatic hydroxyl groups is 1. The summed E-state index contributed by atoms with van der Waals surface area (Å²) in [4.78, 5) is 2.64. The van der Waals surface area contributed by atoms with Crippen LogP contribution in [0.5, 0.6) is 11.5 Å². The quantitative estimate of drug-likeness (QED) is 0.452. The Kier molecular flexibility index (Phi) is 3.64. The van der Waals surface area contributed by atoms with E-state index in [0.29, 0.717) is 18.7 Å². The first kappa shape index (κ1) is 10.2. The number of hydrogen-bond donors (Lipinski definition) is 1. The third-order valence-corrected chi connectivity index (χ3v) is 1.85. The molecule has 1 aromatic rings. The minimum absolute atomic E-state index is 0.114. The van der Waals surface area contributed by atoms with Crippen LogP contribution >= 0.6 is 0 Å². The molecule has 5 heteroatoms. The smallest absolute Gasteiger partial charge is 0.160 e. The van der Waals surface area contributed by atoms with E-state index in [2.05, 4.69) is 10.0 Å². The molecule has 1 rings (SSSR count). The molecule has 14 heavy (non-hydrogen) atoms. The summed E-state index contributed by atoms with van der Waals surface area (Å²) in [5, 5.41) is 13.0. The van der Waals surface area contributed by atoms with Gasteiger partial charge in [0.1, 0.15) is 0 Å². The van der Waals surface area contributed by atoms with Crippen molar-refractivity contribution in [1.29, 1.82) is 0 Å².